The minimum Gasteiger partial charge on any atom is -0.506 e. The molecule has 0 amide bonds. The van der Waals surface area contributed by atoms with Crippen LogP contribution >= 0.6 is 0 Å². The van der Waals surface area contributed by atoms with Gasteiger partial charge < -0.3 is 5.11 Å². The summed E-state index contributed by atoms with van der Waals surface area (Å²) in [7, 11) is 0. The highest BCUT2D eigenvalue weighted by atomic mass is 16.3. The molecule has 1 aliphatic rings. The molecule has 0 spiro atoms. The van der Waals surface area contributed by atoms with Crippen LogP contribution in [0.15, 0.2) is 72.3 Å². The van der Waals surface area contributed by atoms with Crippen LogP contribution in [0.5, 0.6) is 5.75 Å². The number of pyridine rings is 1. The summed E-state index contributed by atoms with van der Waals surface area (Å²) in [6.07, 6.45) is 7.53. The number of aromatic hydroxyl groups is 1. The predicted octanol–water partition coefficient (Wildman–Crippen LogP) is 5.09. The molecule has 0 unspecified atom stereocenters. The third kappa shape index (κ3) is 4.09. The Bertz CT molecular complexity index is 1020. The van der Waals surface area contributed by atoms with Crippen LogP contribution in [0.3, 0.4) is 0 Å². The lowest BCUT2D eigenvalue weighted by atomic mass is 10.0. The van der Waals surface area contributed by atoms with Crippen molar-refractivity contribution in [2.45, 2.75) is 19.9 Å². The monoisotopic (exact) mass is 356 g/mol. The number of allylic oxidation sites excluding steroid dienone is 1. The van der Waals surface area contributed by atoms with Crippen LogP contribution in [0, 0.1) is 6.92 Å². The van der Waals surface area contributed by atoms with E-state index in [0.717, 1.165) is 37.1 Å². The molecule has 0 atom stereocenters. The van der Waals surface area contributed by atoms with Gasteiger partial charge in [-0.05, 0) is 48.3 Å². The first-order valence-electron chi connectivity index (χ1n) is 9.42. The number of hydrogen-bond donors (Lipinski definition) is 1. The predicted molar refractivity (Wildman–Crippen MR) is 112 cm³/mol. The van der Waals surface area contributed by atoms with E-state index in [2.05, 4.69) is 53.2 Å². The van der Waals surface area contributed by atoms with Crippen molar-refractivity contribution in [2.75, 3.05) is 13.1 Å². The minimum absolute atomic E-state index is 0.228. The topological polar surface area (TPSA) is 36.4 Å². The molecule has 136 valence electrons. The first kappa shape index (κ1) is 17.5. The number of fused-ring (bicyclic) bond motifs is 1. The summed E-state index contributed by atoms with van der Waals surface area (Å²) < 4.78 is 0. The van der Waals surface area contributed by atoms with Crippen molar-refractivity contribution < 1.29 is 5.11 Å². The van der Waals surface area contributed by atoms with Gasteiger partial charge in [-0.3, -0.25) is 4.90 Å². The van der Waals surface area contributed by atoms with E-state index in [4.69, 9.17) is 0 Å². The quantitative estimate of drug-likeness (QED) is 0.707. The van der Waals surface area contributed by atoms with Gasteiger partial charge in [0.25, 0.3) is 0 Å². The maximum atomic E-state index is 9.98. The van der Waals surface area contributed by atoms with E-state index in [1.54, 1.807) is 6.07 Å². The highest BCUT2D eigenvalue weighted by Crippen LogP contribution is 2.23. The average Bonchev–Trinajstić information content (AvgIpc) is 2.70. The van der Waals surface area contributed by atoms with E-state index in [1.807, 2.05) is 30.3 Å². The van der Waals surface area contributed by atoms with E-state index in [1.165, 1.54) is 16.7 Å². The zero-order valence-corrected chi connectivity index (χ0v) is 15.6. The van der Waals surface area contributed by atoms with Crippen LogP contribution in [0.1, 0.15) is 23.2 Å². The Morgan fingerprint density at radius 3 is 2.74 bits per heavy atom. The number of benzene rings is 2. The Labute approximate surface area is 160 Å². The molecule has 0 saturated carbocycles. The molecule has 2 aromatic carbocycles. The molecular weight excluding hydrogens is 332 g/mol. The van der Waals surface area contributed by atoms with E-state index in [0.29, 0.717) is 5.52 Å². The maximum Gasteiger partial charge on any atom is 0.141 e. The number of rotatable bonds is 4. The summed E-state index contributed by atoms with van der Waals surface area (Å²) in [5.41, 5.74) is 5.63. The van der Waals surface area contributed by atoms with Crippen molar-refractivity contribution in [1.82, 2.24) is 9.88 Å². The van der Waals surface area contributed by atoms with Crippen molar-refractivity contribution in [3.63, 3.8) is 0 Å². The Morgan fingerprint density at radius 1 is 1.04 bits per heavy atom. The molecule has 0 fully saturated rings. The summed E-state index contributed by atoms with van der Waals surface area (Å²) in [5.74, 6) is 0.228. The average molecular weight is 356 g/mol. The lowest BCUT2D eigenvalue weighted by Crippen LogP contribution is -2.28. The van der Waals surface area contributed by atoms with Gasteiger partial charge in [0.05, 0.1) is 5.69 Å². The van der Waals surface area contributed by atoms with Gasteiger partial charge in [0.2, 0.25) is 0 Å². The Hall–Kier alpha value is -2.91. The second-order valence-electron chi connectivity index (χ2n) is 7.11. The standard InChI is InChI=1S/C24H24N2O/c1-18-5-2-3-6-21(18)17-26-15-13-19(14-16-26)9-11-22-12-10-20-7-4-8-23(27)24(20)25-22/h2-13,27H,14-17H2,1H3/b11-9+. The zero-order valence-electron chi connectivity index (χ0n) is 15.6. The van der Waals surface area contributed by atoms with Crippen LogP contribution in [0.4, 0.5) is 0 Å². The van der Waals surface area contributed by atoms with Gasteiger partial charge in [0.1, 0.15) is 11.3 Å². The number of phenolic OH excluding ortho intramolecular Hbond substituents is 1. The molecule has 0 bridgehead atoms. The van der Waals surface area contributed by atoms with E-state index in [9.17, 15) is 5.11 Å². The molecule has 1 aliphatic heterocycles. The molecule has 2 heterocycles. The fourth-order valence-electron chi connectivity index (χ4n) is 3.48. The van der Waals surface area contributed by atoms with Crippen molar-refractivity contribution in [3.05, 3.63) is 89.1 Å². The first-order valence-corrected chi connectivity index (χ1v) is 9.42. The lowest BCUT2D eigenvalue weighted by Gasteiger charge is -2.26. The smallest absolute Gasteiger partial charge is 0.141 e. The molecule has 0 radical (unpaired) electrons. The Kier molecular flexibility index (Phi) is 5.03. The highest BCUT2D eigenvalue weighted by Gasteiger charge is 2.11. The van der Waals surface area contributed by atoms with Crippen molar-refractivity contribution >= 4 is 17.0 Å². The zero-order chi connectivity index (χ0) is 18.6. The van der Waals surface area contributed by atoms with E-state index in [-0.39, 0.29) is 5.75 Å². The molecule has 0 aliphatic carbocycles. The van der Waals surface area contributed by atoms with Crippen molar-refractivity contribution in [2.24, 2.45) is 0 Å². The Morgan fingerprint density at radius 2 is 1.93 bits per heavy atom. The van der Waals surface area contributed by atoms with E-state index < -0.39 is 0 Å². The van der Waals surface area contributed by atoms with Gasteiger partial charge >= 0.3 is 0 Å². The van der Waals surface area contributed by atoms with Crippen LogP contribution in [0.2, 0.25) is 0 Å². The van der Waals surface area contributed by atoms with Gasteiger partial charge in [-0.2, -0.15) is 0 Å². The minimum atomic E-state index is 0.228. The summed E-state index contributed by atoms with van der Waals surface area (Å²) in [6.45, 7) is 5.22. The first-order chi connectivity index (χ1) is 13.2. The van der Waals surface area contributed by atoms with Crippen LogP contribution in [0.25, 0.3) is 17.0 Å². The van der Waals surface area contributed by atoms with Crippen molar-refractivity contribution in [3.8, 4) is 5.75 Å². The molecule has 0 saturated heterocycles. The number of aryl methyl sites for hydroxylation is 1. The normalized spacial score (nSPS) is 15.4. The molecular formula is C24H24N2O. The van der Waals surface area contributed by atoms with Gasteiger partial charge in [-0.1, -0.05) is 54.6 Å². The van der Waals surface area contributed by atoms with Crippen molar-refractivity contribution in [1.29, 1.82) is 0 Å². The third-order valence-corrected chi connectivity index (χ3v) is 5.17. The molecule has 3 aromatic rings. The number of aromatic nitrogens is 1. The molecule has 1 N–H and O–H groups in total. The number of hydrogen-bond acceptors (Lipinski definition) is 3. The third-order valence-electron chi connectivity index (χ3n) is 5.17. The van der Waals surface area contributed by atoms with Gasteiger partial charge in [-0.15, -0.1) is 0 Å². The largest absolute Gasteiger partial charge is 0.506 e. The number of nitrogens with zero attached hydrogens (tertiary/aromatic N) is 2. The Balaban J connectivity index is 1.42. The number of phenols is 1. The number of para-hydroxylation sites is 1. The molecule has 4 rings (SSSR count). The van der Waals surface area contributed by atoms with Gasteiger partial charge in [0, 0.05) is 25.0 Å². The van der Waals surface area contributed by atoms with Crippen LogP contribution < -0.4 is 0 Å². The molecule has 3 heteroatoms. The van der Waals surface area contributed by atoms with Crippen LogP contribution in [-0.2, 0) is 6.54 Å². The lowest BCUT2D eigenvalue weighted by molar-refractivity contribution is 0.287. The second kappa shape index (κ2) is 7.77. The summed E-state index contributed by atoms with van der Waals surface area (Å²) in [4.78, 5) is 7.04. The van der Waals surface area contributed by atoms with E-state index >= 15 is 0 Å². The summed E-state index contributed by atoms with van der Waals surface area (Å²) >= 11 is 0. The fraction of sp³-hybridized carbons (Fsp3) is 0.208. The fourth-order valence-corrected chi connectivity index (χ4v) is 3.48. The maximum absolute atomic E-state index is 9.98. The van der Waals surface area contributed by atoms with Crippen LogP contribution in [-0.4, -0.2) is 28.1 Å². The molecule has 27 heavy (non-hydrogen) atoms. The summed E-state index contributed by atoms with van der Waals surface area (Å²) in [5, 5.41) is 10.9. The summed E-state index contributed by atoms with van der Waals surface area (Å²) in [6, 6.07) is 18.1. The SMILES string of the molecule is Cc1ccccc1CN1CC=C(/C=C/c2ccc3cccc(O)c3n2)CC1. The second-order valence-corrected chi connectivity index (χ2v) is 7.11. The van der Waals surface area contributed by atoms with Gasteiger partial charge in [-0.25, -0.2) is 4.98 Å². The highest BCUT2D eigenvalue weighted by molar-refractivity contribution is 5.85. The van der Waals surface area contributed by atoms with Gasteiger partial charge in [0.15, 0.2) is 0 Å². The molecule has 3 nitrogen and oxygen atoms in total. The molecule has 1 aromatic heterocycles.